The second-order valence-electron chi connectivity index (χ2n) is 4.13. The second-order valence-corrected chi connectivity index (χ2v) is 4.13. The molecule has 0 spiro atoms. The predicted molar refractivity (Wildman–Crippen MR) is 60.7 cm³/mol. The summed E-state index contributed by atoms with van der Waals surface area (Å²) < 4.78 is 0. The van der Waals surface area contributed by atoms with Crippen LogP contribution in [0.5, 0.6) is 0 Å². The SMILES string of the molecule is CCC(C)(C)Nc1ncccc1C(N)=O. The van der Waals surface area contributed by atoms with Crippen molar-refractivity contribution in [3.05, 3.63) is 23.9 Å². The zero-order valence-corrected chi connectivity index (χ0v) is 9.37. The van der Waals surface area contributed by atoms with Gasteiger partial charge in [0.2, 0.25) is 0 Å². The summed E-state index contributed by atoms with van der Waals surface area (Å²) >= 11 is 0. The molecule has 0 saturated carbocycles. The van der Waals surface area contributed by atoms with Crippen LogP contribution >= 0.6 is 0 Å². The number of hydrogen-bond donors (Lipinski definition) is 2. The largest absolute Gasteiger partial charge is 0.365 e. The predicted octanol–water partition coefficient (Wildman–Crippen LogP) is 1.78. The van der Waals surface area contributed by atoms with Gasteiger partial charge in [-0.25, -0.2) is 4.98 Å². The maximum absolute atomic E-state index is 11.1. The third-order valence-electron chi connectivity index (χ3n) is 2.41. The zero-order chi connectivity index (χ0) is 11.5. The summed E-state index contributed by atoms with van der Waals surface area (Å²) in [7, 11) is 0. The van der Waals surface area contributed by atoms with E-state index in [9.17, 15) is 4.79 Å². The first-order valence-corrected chi connectivity index (χ1v) is 4.99. The van der Waals surface area contributed by atoms with E-state index in [0.29, 0.717) is 11.4 Å². The van der Waals surface area contributed by atoms with E-state index in [1.807, 2.05) is 13.8 Å². The van der Waals surface area contributed by atoms with Gasteiger partial charge in [0, 0.05) is 11.7 Å². The summed E-state index contributed by atoms with van der Waals surface area (Å²) in [6.45, 7) is 6.17. The number of pyridine rings is 1. The molecular weight excluding hydrogens is 190 g/mol. The fraction of sp³-hybridized carbons (Fsp3) is 0.455. The normalized spacial score (nSPS) is 11.1. The highest BCUT2D eigenvalue weighted by molar-refractivity contribution is 5.97. The Labute approximate surface area is 89.9 Å². The van der Waals surface area contributed by atoms with Crippen LogP contribution in [0.3, 0.4) is 0 Å². The van der Waals surface area contributed by atoms with Gasteiger partial charge in [-0.3, -0.25) is 4.79 Å². The van der Waals surface area contributed by atoms with Crippen molar-refractivity contribution in [2.75, 3.05) is 5.32 Å². The topological polar surface area (TPSA) is 68.0 Å². The Bertz CT molecular complexity index is 361. The fourth-order valence-electron chi connectivity index (χ4n) is 1.11. The molecule has 82 valence electrons. The van der Waals surface area contributed by atoms with Crippen LogP contribution in [0.2, 0.25) is 0 Å². The van der Waals surface area contributed by atoms with Gasteiger partial charge in [-0.2, -0.15) is 0 Å². The number of primary amides is 1. The van der Waals surface area contributed by atoms with Gasteiger partial charge in [0.25, 0.3) is 5.91 Å². The van der Waals surface area contributed by atoms with Crippen LogP contribution in [0.4, 0.5) is 5.82 Å². The average Bonchev–Trinajstić information content (AvgIpc) is 2.18. The molecule has 1 aromatic heterocycles. The highest BCUT2D eigenvalue weighted by Gasteiger charge is 2.18. The Balaban J connectivity index is 2.99. The second kappa shape index (κ2) is 4.29. The molecule has 0 aliphatic rings. The van der Waals surface area contributed by atoms with Gasteiger partial charge in [-0.1, -0.05) is 6.92 Å². The van der Waals surface area contributed by atoms with E-state index >= 15 is 0 Å². The first-order chi connectivity index (χ1) is 6.96. The molecule has 1 aromatic rings. The lowest BCUT2D eigenvalue weighted by atomic mass is 10.0. The van der Waals surface area contributed by atoms with Crippen molar-refractivity contribution in [2.24, 2.45) is 5.73 Å². The van der Waals surface area contributed by atoms with Gasteiger partial charge in [-0.05, 0) is 32.4 Å². The summed E-state index contributed by atoms with van der Waals surface area (Å²) in [5.41, 5.74) is 5.59. The van der Waals surface area contributed by atoms with E-state index in [2.05, 4.69) is 17.2 Å². The molecule has 4 heteroatoms. The van der Waals surface area contributed by atoms with Crippen molar-refractivity contribution in [3.63, 3.8) is 0 Å². The van der Waals surface area contributed by atoms with E-state index in [4.69, 9.17) is 5.73 Å². The molecule has 3 N–H and O–H groups in total. The van der Waals surface area contributed by atoms with Crippen molar-refractivity contribution >= 4 is 11.7 Å². The van der Waals surface area contributed by atoms with E-state index in [0.717, 1.165) is 6.42 Å². The highest BCUT2D eigenvalue weighted by atomic mass is 16.1. The summed E-state index contributed by atoms with van der Waals surface area (Å²) in [6, 6.07) is 3.37. The molecule has 1 heterocycles. The summed E-state index contributed by atoms with van der Waals surface area (Å²) in [6.07, 6.45) is 2.57. The Morgan fingerprint density at radius 3 is 2.80 bits per heavy atom. The van der Waals surface area contributed by atoms with E-state index in [1.165, 1.54) is 0 Å². The van der Waals surface area contributed by atoms with Gasteiger partial charge < -0.3 is 11.1 Å². The van der Waals surface area contributed by atoms with Gasteiger partial charge >= 0.3 is 0 Å². The number of hydrogen-bond acceptors (Lipinski definition) is 3. The van der Waals surface area contributed by atoms with Crippen molar-refractivity contribution in [3.8, 4) is 0 Å². The van der Waals surface area contributed by atoms with Crippen LogP contribution < -0.4 is 11.1 Å². The number of amides is 1. The Hall–Kier alpha value is -1.58. The minimum atomic E-state index is -0.461. The standard InChI is InChI=1S/C11H17N3O/c1-4-11(2,3)14-10-8(9(12)15)6-5-7-13-10/h5-7H,4H2,1-3H3,(H2,12,15)(H,13,14). The number of carbonyl (C=O) groups is 1. The first-order valence-electron chi connectivity index (χ1n) is 4.99. The Morgan fingerprint density at radius 2 is 2.27 bits per heavy atom. The molecule has 0 aromatic carbocycles. The Morgan fingerprint density at radius 1 is 1.60 bits per heavy atom. The average molecular weight is 207 g/mol. The van der Waals surface area contributed by atoms with E-state index in [-0.39, 0.29) is 5.54 Å². The lowest BCUT2D eigenvalue weighted by Crippen LogP contribution is -2.31. The quantitative estimate of drug-likeness (QED) is 0.790. The van der Waals surface area contributed by atoms with E-state index in [1.54, 1.807) is 18.3 Å². The number of aromatic nitrogens is 1. The maximum atomic E-state index is 11.1. The maximum Gasteiger partial charge on any atom is 0.252 e. The molecule has 1 rings (SSSR count). The summed E-state index contributed by atoms with van der Waals surface area (Å²) in [5, 5.41) is 3.21. The molecule has 4 nitrogen and oxygen atoms in total. The first kappa shape index (κ1) is 11.5. The molecule has 0 aliphatic carbocycles. The van der Waals surface area contributed by atoms with Crippen LogP contribution in [0.15, 0.2) is 18.3 Å². The number of anilines is 1. The van der Waals surface area contributed by atoms with Gasteiger partial charge in [0.1, 0.15) is 5.82 Å². The molecule has 0 aliphatic heterocycles. The number of rotatable bonds is 4. The number of nitrogens with two attached hydrogens (primary N) is 1. The van der Waals surface area contributed by atoms with Crippen molar-refractivity contribution in [1.29, 1.82) is 0 Å². The van der Waals surface area contributed by atoms with Crippen LogP contribution in [0.1, 0.15) is 37.6 Å². The number of nitrogens with zero attached hydrogens (tertiary/aromatic N) is 1. The van der Waals surface area contributed by atoms with Crippen LogP contribution in [-0.2, 0) is 0 Å². The van der Waals surface area contributed by atoms with Gasteiger partial charge in [-0.15, -0.1) is 0 Å². The summed E-state index contributed by atoms with van der Waals surface area (Å²) in [4.78, 5) is 15.3. The molecule has 1 amide bonds. The molecule has 0 unspecified atom stereocenters. The van der Waals surface area contributed by atoms with Crippen LogP contribution in [0.25, 0.3) is 0 Å². The minimum Gasteiger partial charge on any atom is -0.365 e. The van der Waals surface area contributed by atoms with Crippen molar-refractivity contribution in [1.82, 2.24) is 4.98 Å². The van der Waals surface area contributed by atoms with Crippen molar-refractivity contribution < 1.29 is 4.79 Å². The van der Waals surface area contributed by atoms with Gasteiger partial charge in [0.05, 0.1) is 5.56 Å². The molecular formula is C11H17N3O. The lowest BCUT2D eigenvalue weighted by molar-refractivity contribution is 0.100. The molecule has 0 radical (unpaired) electrons. The zero-order valence-electron chi connectivity index (χ0n) is 9.37. The van der Waals surface area contributed by atoms with E-state index < -0.39 is 5.91 Å². The fourth-order valence-corrected chi connectivity index (χ4v) is 1.11. The highest BCUT2D eigenvalue weighted by Crippen LogP contribution is 2.18. The molecule has 0 fully saturated rings. The Kier molecular flexibility index (Phi) is 3.29. The number of nitrogens with one attached hydrogen (secondary N) is 1. The molecule has 0 atom stereocenters. The van der Waals surface area contributed by atoms with Gasteiger partial charge in [0.15, 0.2) is 0 Å². The monoisotopic (exact) mass is 207 g/mol. The molecule has 0 bridgehead atoms. The molecule has 0 saturated heterocycles. The molecule has 15 heavy (non-hydrogen) atoms. The number of carbonyl (C=O) groups excluding carboxylic acids is 1. The lowest BCUT2D eigenvalue weighted by Gasteiger charge is -2.25. The van der Waals surface area contributed by atoms with Crippen molar-refractivity contribution in [2.45, 2.75) is 32.7 Å². The smallest absolute Gasteiger partial charge is 0.252 e. The minimum absolute atomic E-state index is 0.0987. The van der Waals surface area contributed by atoms with Crippen LogP contribution in [-0.4, -0.2) is 16.4 Å². The van der Waals surface area contributed by atoms with Crippen LogP contribution in [0, 0.1) is 0 Å². The summed E-state index contributed by atoms with van der Waals surface area (Å²) in [5.74, 6) is 0.0920. The third kappa shape index (κ3) is 2.94. The third-order valence-corrected chi connectivity index (χ3v) is 2.41.